The van der Waals surface area contributed by atoms with Crippen LogP contribution in [0.15, 0.2) is 30.3 Å². The summed E-state index contributed by atoms with van der Waals surface area (Å²) in [6.45, 7) is 2.19. The Balaban J connectivity index is 2.48. The maximum absolute atomic E-state index is 11.3. The lowest BCUT2D eigenvalue weighted by atomic mass is 10.2. The molecule has 0 aliphatic rings. The molecule has 0 spiro atoms. The molecule has 0 aliphatic carbocycles. The van der Waals surface area contributed by atoms with E-state index in [1.54, 1.807) is 6.92 Å². The maximum Gasteiger partial charge on any atom is 0.326 e. The summed E-state index contributed by atoms with van der Waals surface area (Å²) < 4.78 is 10.2. The monoisotopic (exact) mass is 257 g/mol. The van der Waals surface area contributed by atoms with Gasteiger partial charge in [0.25, 0.3) is 0 Å². The second kappa shape index (κ2) is 7.27. The van der Waals surface area contributed by atoms with Gasteiger partial charge in [-0.1, -0.05) is 30.3 Å². The molecule has 4 nitrogen and oxygen atoms in total. The summed E-state index contributed by atoms with van der Waals surface area (Å²) >= 11 is 5.49. The summed E-state index contributed by atoms with van der Waals surface area (Å²) in [5.41, 5.74) is 1.04. The maximum atomic E-state index is 11.3. The number of carbonyl (C=O) groups excluding carboxylic acids is 1. The van der Waals surface area contributed by atoms with Gasteiger partial charge in [-0.2, -0.15) is 0 Å². The third kappa shape index (κ3) is 4.34. The van der Waals surface area contributed by atoms with Gasteiger partial charge in [0, 0.05) is 0 Å². The zero-order chi connectivity index (χ0) is 12.7. The summed E-state index contributed by atoms with van der Waals surface area (Å²) in [7, 11) is 1.31. The molecule has 17 heavy (non-hydrogen) atoms. The first-order chi connectivity index (χ1) is 8.19. The van der Waals surface area contributed by atoms with Crippen LogP contribution >= 0.6 is 11.8 Å². The molecule has 0 heterocycles. The predicted molar refractivity (Wildman–Crippen MR) is 65.5 cm³/mol. The average molecular weight is 258 g/mol. The molecule has 0 radical (unpaired) electrons. The van der Waals surface area contributed by atoms with Crippen molar-refractivity contribution in [1.29, 1.82) is 0 Å². The molecule has 0 saturated carbocycles. The summed E-state index contributed by atoms with van der Waals surface area (Å²) in [6, 6.07) is 9.03. The number of hydrogen-bond acceptors (Lipinski definition) is 4. The number of carbonyl (C=O) groups is 1. The highest BCUT2D eigenvalue weighted by molar-refractivity contribution is 6.14. The van der Waals surface area contributed by atoms with Crippen molar-refractivity contribution in [3.63, 3.8) is 0 Å². The minimum absolute atomic E-state index is 0.375. The molecule has 0 unspecified atom stereocenters. The van der Waals surface area contributed by atoms with Crippen LogP contribution < -0.4 is 4.84 Å². The number of esters is 1. The van der Waals surface area contributed by atoms with E-state index in [4.69, 9.17) is 16.5 Å². The Labute approximate surface area is 106 Å². The SMILES string of the molecule is COC(=O)[C@@H](NCl)[C@@H](C)OCc1ccccc1. The van der Waals surface area contributed by atoms with Crippen LogP contribution in [0.2, 0.25) is 0 Å². The van der Waals surface area contributed by atoms with Crippen LogP contribution in [0.4, 0.5) is 0 Å². The van der Waals surface area contributed by atoms with Crippen molar-refractivity contribution in [2.24, 2.45) is 0 Å². The van der Waals surface area contributed by atoms with Crippen LogP contribution in [-0.2, 0) is 20.9 Å². The summed E-state index contributed by atoms with van der Waals surface area (Å²) in [6.07, 6.45) is -0.375. The first-order valence-electron chi connectivity index (χ1n) is 5.28. The lowest BCUT2D eigenvalue weighted by Crippen LogP contribution is -2.42. The topological polar surface area (TPSA) is 47.6 Å². The molecule has 1 rings (SSSR count). The highest BCUT2D eigenvalue weighted by atomic mass is 35.5. The number of halogens is 1. The van der Waals surface area contributed by atoms with Gasteiger partial charge in [0.2, 0.25) is 0 Å². The standard InChI is InChI=1S/C12H16ClNO3/c1-9(11(14-13)12(15)16-2)17-8-10-6-4-3-5-7-10/h3-7,9,11,14H,8H2,1-2H3/t9-,11+/m1/s1. The van der Waals surface area contributed by atoms with Crippen molar-refractivity contribution >= 4 is 17.7 Å². The third-order valence-corrected chi connectivity index (χ3v) is 2.63. The number of benzene rings is 1. The van der Waals surface area contributed by atoms with Gasteiger partial charge in [0.15, 0.2) is 0 Å². The second-order valence-corrected chi connectivity index (χ2v) is 3.83. The molecular formula is C12H16ClNO3. The van der Waals surface area contributed by atoms with Crippen LogP contribution in [0.25, 0.3) is 0 Å². The Morgan fingerprint density at radius 2 is 2.06 bits per heavy atom. The normalized spacial score (nSPS) is 14.1. The fourth-order valence-electron chi connectivity index (χ4n) is 1.35. The second-order valence-electron chi connectivity index (χ2n) is 3.61. The van der Waals surface area contributed by atoms with Crippen LogP contribution in [0.1, 0.15) is 12.5 Å². The van der Waals surface area contributed by atoms with E-state index in [0.29, 0.717) is 6.61 Å². The van der Waals surface area contributed by atoms with E-state index in [2.05, 4.69) is 9.57 Å². The summed E-state index contributed by atoms with van der Waals surface area (Å²) in [4.78, 5) is 13.7. The van der Waals surface area contributed by atoms with E-state index in [1.807, 2.05) is 30.3 Å². The number of nitrogens with one attached hydrogen (secondary N) is 1. The van der Waals surface area contributed by atoms with Gasteiger partial charge in [-0.3, -0.25) is 4.79 Å². The van der Waals surface area contributed by atoms with Crippen molar-refractivity contribution in [2.75, 3.05) is 7.11 Å². The Kier molecular flexibility index (Phi) is 5.97. The molecule has 94 valence electrons. The van der Waals surface area contributed by atoms with Gasteiger partial charge in [-0.25, -0.2) is 4.84 Å². The van der Waals surface area contributed by atoms with E-state index in [-0.39, 0.29) is 6.10 Å². The van der Waals surface area contributed by atoms with Gasteiger partial charge in [0.1, 0.15) is 6.04 Å². The number of rotatable bonds is 6. The molecule has 0 saturated heterocycles. The molecular weight excluding hydrogens is 242 g/mol. The molecule has 2 atom stereocenters. The lowest BCUT2D eigenvalue weighted by Gasteiger charge is -2.20. The van der Waals surface area contributed by atoms with Crippen LogP contribution in [-0.4, -0.2) is 25.2 Å². The van der Waals surface area contributed by atoms with Gasteiger partial charge < -0.3 is 9.47 Å². The third-order valence-electron chi connectivity index (χ3n) is 2.40. The molecule has 1 aromatic carbocycles. The smallest absolute Gasteiger partial charge is 0.326 e. The molecule has 0 amide bonds. The highest BCUT2D eigenvalue weighted by Crippen LogP contribution is 2.07. The number of methoxy groups -OCH3 is 1. The van der Waals surface area contributed by atoms with Gasteiger partial charge >= 0.3 is 5.97 Å². The first kappa shape index (κ1) is 14.0. The average Bonchev–Trinajstić information content (AvgIpc) is 2.38. The van der Waals surface area contributed by atoms with Crippen molar-refractivity contribution in [3.05, 3.63) is 35.9 Å². The summed E-state index contributed by atoms with van der Waals surface area (Å²) in [5, 5.41) is 0. The quantitative estimate of drug-likeness (QED) is 0.624. The van der Waals surface area contributed by atoms with Crippen LogP contribution in [0.5, 0.6) is 0 Å². The van der Waals surface area contributed by atoms with E-state index in [0.717, 1.165) is 5.56 Å². The van der Waals surface area contributed by atoms with E-state index >= 15 is 0 Å². The van der Waals surface area contributed by atoms with Crippen molar-refractivity contribution in [2.45, 2.75) is 25.7 Å². The minimum Gasteiger partial charge on any atom is -0.468 e. The Morgan fingerprint density at radius 1 is 1.41 bits per heavy atom. The van der Waals surface area contributed by atoms with E-state index in [9.17, 15) is 4.79 Å². The Hall–Kier alpha value is -1.10. The zero-order valence-corrected chi connectivity index (χ0v) is 10.6. The van der Waals surface area contributed by atoms with Crippen LogP contribution in [0.3, 0.4) is 0 Å². The van der Waals surface area contributed by atoms with Crippen molar-refractivity contribution in [1.82, 2.24) is 4.84 Å². The Bertz CT molecular complexity index is 345. The molecule has 0 bridgehead atoms. The van der Waals surface area contributed by atoms with Gasteiger partial charge in [-0.15, -0.1) is 0 Å². The fourth-order valence-corrected chi connectivity index (χ4v) is 1.62. The van der Waals surface area contributed by atoms with Gasteiger partial charge in [0.05, 0.1) is 19.8 Å². The minimum atomic E-state index is -0.676. The molecule has 1 N–H and O–H groups in total. The summed E-state index contributed by atoms with van der Waals surface area (Å²) in [5.74, 6) is -0.444. The molecule has 5 heteroatoms. The van der Waals surface area contributed by atoms with Crippen molar-refractivity contribution in [3.8, 4) is 0 Å². The largest absolute Gasteiger partial charge is 0.468 e. The molecule has 0 aromatic heterocycles. The fraction of sp³-hybridized carbons (Fsp3) is 0.417. The van der Waals surface area contributed by atoms with E-state index in [1.165, 1.54) is 7.11 Å². The number of hydrogen-bond donors (Lipinski definition) is 1. The van der Waals surface area contributed by atoms with Crippen molar-refractivity contribution < 1.29 is 14.3 Å². The molecule has 0 aliphatic heterocycles. The van der Waals surface area contributed by atoms with E-state index < -0.39 is 12.0 Å². The lowest BCUT2D eigenvalue weighted by molar-refractivity contribution is -0.146. The zero-order valence-electron chi connectivity index (χ0n) is 9.85. The highest BCUT2D eigenvalue weighted by Gasteiger charge is 2.25. The predicted octanol–water partition coefficient (Wildman–Crippen LogP) is 1.88. The Morgan fingerprint density at radius 3 is 2.59 bits per heavy atom. The van der Waals surface area contributed by atoms with Gasteiger partial charge in [-0.05, 0) is 24.3 Å². The molecule has 0 fully saturated rings. The van der Waals surface area contributed by atoms with Crippen LogP contribution in [0, 0.1) is 0 Å². The first-order valence-corrected chi connectivity index (χ1v) is 5.66. The number of ether oxygens (including phenoxy) is 2. The molecule has 1 aromatic rings.